The molecule has 0 N–H and O–H groups in total. The molecular formula is C15H17NO2. The summed E-state index contributed by atoms with van der Waals surface area (Å²) in [7, 11) is 1.41. The van der Waals surface area contributed by atoms with Crippen LogP contribution in [0.4, 0.5) is 0 Å². The van der Waals surface area contributed by atoms with Gasteiger partial charge < -0.3 is 9.64 Å². The molecule has 1 heterocycles. The van der Waals surface area contributed by atoms with Crippen LogP contribution in [-0.2, 0) is 16.1 Å². The van der Waals surface area contributed by atoms with Crippen molar-refractivity contribution in [1.29, 1.82) is 0 Å². The van der Waals surface area contributed by atoms with Gasteiger partial charge in [-0.3, -0.25) is 0 Å². The van der Waals surface area contributed by atoms with Crippen molar-refractivity contribution in [3.8, 4) is 0 Å². The van der Waals surface area contributed by atoms with E-state index in [1.54, 1.807) is 0 Å². The van der Waals surface area contributed by atoms with Gasteiger partial charge in [0.1, 0.15) is 0 Å². The van der Waals surface area contributed by atoms with Crippen LogP contribution >= 0.6 is 0 Å². The maximum atomic E-state index is 11.6. The molecule has 3 nitrogen and oxygen atoms in total. The van der Waals surface area contributed by atoms with Crippen LogP contribution in [0.3, 0.4) is 0 Å². The van der Waals surface area contributed by atoms with Gasteiger partial charge >= 0.3 is 5.97 Å². The zero-order valence-electron chi connectivity index (χ0n) is 10.7. The van der Waals surface area contributed by atoms with E-state index in [0.29, 0.717) is 5.57 Å². The first kappa shape index (κ1) is 12.4. The van der Waals surface area contributed by atoms with Crippen molar-refractivity contribution in [3.05, 3.63) is 59.3 Å². The Morgan fingerprint density at radius 1 is 1.33 bits per heavy atom. The number of ether oxygens (including phenoxy) is 1. The Hall–Kier alpha value is -2.03. The molecule has 0 amide bonds. The van der Waals surface area contributed by atoms with Crippen LogP contribution in [0, 0.1) is 0 Å². The summed E-state index contributed by atoms with van der Waals surface area (Å²) in [6.07, 6.45) is 3.93. The Kier molecular flexibility index (Phi) is 3.82. The monoisotopic (exact) mass is 243 g/mol. The van der Waals surface area contributed by atoms with Crippen molar-refractivity contribution >= 4 is 5.97 Å². The van der Waals surface area contributed by atoms with Gasteiger partial charge in [0.2, 0.25) is 0 Å². The third-order valence-corrected chi connectivity index (χ3v) is 3.00. The van der Waals surface area contributed by atoms with Crippen LogP contribution < -0.4 is 0 Å². The Morgan fingerprint density at radius 2 is 2.06 bits per heavy atom. The fourth-order valence-corrected chi connectivity index (χ4v) is 1.95. The molecule has 1 aliphatic rings. The Labute approximate surface area is 107 Å². The molecule has 0 unspecified atom stereocenters. The third-order valence-electron chi connectivity index (χ3n) is 3.00. The Bertz CT molecular complexity index is 488. The molecule has 0 saturated carbocycles. The lowest BCUT2D eigenvalue weighted by molar-refractivity contribution is -0.135. The molecule has 1 aromatic carbocycles. The predicted molar refractivity (Wildman–Crippen MR) is 70.7 cm³/mol. The van der Waals surface area contributed by atoms with Gasteiger partial charge in [0.05, 0.1) is 12.7 Å². The Balaban J connectivity index is 2.12. The van der Waals surface area contributed by atoms with Crippen LogP contribution in [0.2, 0.25) is 0 Å². The zero-order chi connectivity index (χ0) is 13.0. The number of benzene rings is 1. The Morgan fingerprint density at radius 3 is 2.72 bits per heavy atom. The van der Waals surface area contributed by atoms with E-state index < -0.39 is 0 Å². The number of carbonyl (C=O) groups excluding carboxylic acids is 1. The van der Waals surface area contributed by atoms with Gasteiger partial charge in [-0.2, -0.15) is 0 Å². The second-order valence-corrected chi connectivity index (χ2v) is 4.34. The highest BCUT2D eigenvalue weighted by molar-refractivity contribution is 5.93. The van der Waals surface area contributed by atoms with Gasteiger partial charge in [0, 0.05) is 19.3 Å². The number of esters is 1. The van der Waals surface area contributed by atoms with E-state index in [9.17, 15) is 4.79 Å². The summed E-state index contributed by atoms with van der Waals surface area (Å²) in [5, 5.41) is 0. The molecule has 0 spiro atoms. The lowest BCUT2D eigenvalue weighted by Crippen LogP contribution is -2.23. The SMILES string of the molecule is COC(=O)C1=CN(Cc2ccccc2)CC=C1C. The summed E-state index contributed by atoms with van der Waals surface area (Å²) in [4.78, 5) is 13.7. The second-order valence-electron chi connectivity index (χ2n) is 4.34. The molecule has 1 aromatic rings. The summed E-state index contributed by atoms with van der Waals surface area (Å²) in [6, 6.07) is 10.2. The normalized spacial score (nSPS) is 14.9. The van der Waals surface area contributed by atoms with Crippen molar-refractivity contribution < 1.29 is 9.53 Å². The highest BCUT2D eigenvalue weighted by Crippen LogP contribution is 2.18. The standard InChI is InChI=1S/C15H17NO2/c1-12-8-9-16(11-14(12)15(17)18-2)10-13-6-4-3-5-7-13/h3-8,11H,9-10H2,1-2H3. The van der Waals surface area contributed by atoms with E-state index in [2.05, 4.69) is 23.1 Å². The summed E-state index contributed by atoms with van der Waals surface area (Å²) < 4.78 is 4.78. The molecule has 0 aromatic heterocycles. The van der Waals surface area contributed by atoms with E-state index in [-0.39, 0.29) is 5.97 Å². The molecule has 0 aliphatic carbocycles. The molecule has 0 bridgehead atoms. The number of hydrogen-bond donors (Lipinski definition) is 0. The maximum absolute atomic E-state index is 11.6. The van der Waals surface area contributed by atoms with Crippen LogP contribution in [0.25, 0.3) is 0 Å². The molecule has 0 saturated heterocycles. The summed E-state index contributed by atoms with van der Waals surface area (Å²) in [6.45, 7) is 3.55. The van der Waals surface area contributed by atoms with Crippen molar-refractivity contribution in [2.24, 2.45) is 0 Å². The topological polar surface area (TPSA) is 29.5 Å². The van der Waals surface area contributed by atoms with Crippen LogP contribution in [0.5, 0.6) is 0 Å². The lowest BCUT2D eigenvalue weighted by atomic mass is 10.1. The van der Waals surface area contributed by atoms with Gasteiger partial charge in [-0.25, -0.2) is 4.79 Å². The minimum atomic E-state index is -0.276. The van der Waals surface area contributed by atoms with Crippen LogP contribution in [0.15, 0.2) is 53.8 Å². The molecule has 2 rings (SSSR count). The number of carbonyl (C=O) groups is 1. The maximum Gasteiger partial charge on any atom is 0.339 e. The lowest BCUT2D eigenvalue weighted by Gasteiger charge is -2.24. The fraction of sp³-hybridized carbons (Fsp3) is 0.267. The first-order valence-electron chi connectivity index (χ1n) is 5.96. The largest absolute Gasteiger partial charge is 0.465 e. The van der Waals surface area contributed by atoms with Crippen LogP contribution in [0.1, 0.15) is 12.5 Å². The fourth-order valence-electron chi connectivity index (χ4n) is 1.95. The van der Waals surface area contributed by atoms with E-state index in [1.807, 2.05) is 31.3 Å². The number of methoxy groups -OCH3 is 1. The molecule has 0 fully saturated rings. The first-order chi connectivity index (χ1) is 8.70. The molecular weight excluding hydrogens is 226 g/mol. The number of hydrogen-bond acceptors (Lipinski definition) is 3. The molecule has 3 heteroatoms. The first-order valence-corrected chi connectivity index (χ1v) is 5.96. The quantitative estimate of drug-likeness (QED) is 0.764. The van der Waals surface area contributed by atoms with E-state index >= 15 is 0 Å². The van der Waals surface area contributed by atoms with Gasteiger partial charge in [-0.1, -0.05) is 36.4 Å². The number of nitrogens with zero attached hydrogens (tertiary/aromatic N) is 1. The molecule has 0 atom stereocenters. The van der Waals surface area contributed by atoms with Gasteiger partial charge in [0.25, 0.3) is 0 Å². The van der Waals surface area contributed by atoms with Gasteiger partial charge in [-0.05, 0) is 18.1 Å². The average Bonchev–Trinajstić information content (AvgIpc) is 2.41. The molecule has 18 heavy (non-hydrogen) atoms. The highest BCUT2D eigenvalue weighted by atomic mass is 16.5. The van der Waals surface area contributed by atoms with Crippen LogP contribution in [-0.4, -0.2) is 24.5 Å². The molecule has 1 aliphatic heterocycles. The summed E-state index contributed by atoms with van der Waals surface area (Å²) in [5.41, 5.74) is 2.84. The molecule has 94 valence electrons. The van der Waals surface area contributed by atoms with Crippen molar-refractivity contribution in [2.45, 2.75) is 13.5 Å². The smallest absolute Gasteiger partial charge is 0.339 e. The average molecular weight is 243 g/mol. The zero-order valence-corrected chi connectivity index (χ0v) is 10.7. The predicted octanol–water partition coefficient (Wildman–Crippen LogP) is 2.51. The van der Waals surface area contributed by atoms with Crippen molar-refractivity contribution in [2.75, 3.05) is 13.7 Å². The summed E-state index contributed by atoms with van der Waals surface area (Å²) >= 11 is 0. The highest BCUT2D eigenvalue weighted by Gasteiger charge is 2.17. The number of rotatable bonds is 3. The van der Waals surface area contributed by atoms with E-state index in [0.717, 1.165) is 18.7 Å². The van der Waals surface area contributed by atoms with E-state index in [4.69, 9.17) is 4.74 Å². The minimum absolute atomic E-state index is 0.276. The van der Waals surface area contributed by atoms with Crippen molar-refractivity contribution in [1.82, 2.24) is 4.90 Å². The summed E-state index contributed by atoms with van der Waals surface area (Å²) in [5.74, 6) is -0.276. The molecule has 0 radical (unpaired) electrons. The van der Waals surface area contributed by atoms with Crippen molar-refractivity contribution in [3.63, 3.8) is 0 Å². The second kappa shape index (κ2) is 5.54. The van der Waals surface area contributed by atoms with Gasteiger partial charge in [-0.15, -0.1) is 0 Å². The van der Waals surface area contributed by atoms with E-state index in [1.165, 1.54) is 12.7 Å². The third kappa shape index (κ3) is 2.80. The minimum Gasteiger partial charge on any atom is -0.465 e. The van der Waals surface area contributed by atoms with Gasteiger partial charge in [0.15, 0.2) is 0 Å².